The first-order valence-corrected chi connectivity index (χ1v) is 5.99. The van der Waals surface area contributed by atoms with Crippen molar-refractivity contribution in [3.8, 4) is 0 Å². The number of nitrogens with zero attached hydrogens (tertiary/aromatic N) is 1. The van der Waals surface area contributed by atoms with E-state index in [0.717, 1.165) is 13.1 Å². The third kappa shape index (κ3) is 3.62. The van der Waals surface area contributed by atoms with E-state index >= 15 is 0 Å². The van der Waals surface area contributed by atoms with E-state index in [1.165, 1.54) is 16.7 Å². The highest BCUT2D eigenvalue weighted by Crippen LogP contribution is 2.19. The van der Waals surface area contributed by atoms with E-state index in [2.05, 4.69) is 63.3 Å². The fourth-order valence-corrected chi connectivity index (χ4v) is 2.02. The van der Waals surface area contributed by atoms with Gasteiger partial charge in [0, 0.05) is 12.6 Å². The lowest BCUT2D eigenvalue weighted by molar-refractivity contribution is 0.344. The fourth-order valence-electron chi connectivity index (χ4n) is 2.02. The van der Waals surface area contributed by atoms with Gasteiger partial charge >= 0.3 is 0 Å². The summed E-state index contributed by atoms with van der Waals surface area (Å²) in [6.45, 7) is 8.55. The maximum Gasteiger partial charge on any atom is 0.0451 e. The third-order valence-corrected chi connectivity index (χ3v) is 2.81. The summed E-state index contributed by atoms with van der Waals surface area (Å²) < 4.78 is 0. The summed E-state index contributed by atoms with van der Waals surface area (Å²) in [6.07, 6.45) is 0. The van der Waals surface area contributed by atoms with Gasteiger partial charge in [-0.1, -0.05) is 30.7 Å². The van der Waals surface area contributed by atoms with Crippen LogP contribution in [0.4, 0.5) is 0 Å². The zero-order valence-corrected chi connectivity index (χ0v) is 11.2. The van der Waals surface area contributed by atoms with Crippen molar-refractivity contribution in [2.75, 3.05) is 27.2 Å². The van der Waals surface area contributed by atoms with E-state index in [0.29, 0.717) is 6.04 Å². The number of hydrogen-bond acceptors (Lipinski definition) is 2. The molecule has 2 nitrogen and oxygen atoms in total. The summed E-state index contributed by atoms with van der Waals surface area (Å²) in [5, 5.41) is 3.56. The van der Waals surface area contributed by atoms with Gasteiger partial charge in [0.1, 0.15) is 0 Å². The molecule has 1 atom stereocenters. The molecular formula is C14H24N2. The van der Waals surface area contributed by atoms with E-state index in [9.17, 15) is 0 Å². The summed E-state index contributed by atoms with van der Waals surface area (Å²) in [6, 6.07) is 7.12. The Bertz CT molecular complexity index is 332. The van der Waals surface area contributed by atoms with E-state index < -0.39 is 0 Å². The fraction of sp³-hybridized carbons (Fsp3) is 0.571. The molecular weight excluding hydrogens is 196 g/mol. The number of rotatable bonds is 5. The zero-order valence-electron chi connectivity index (χ0n) is 11.2. The Morgan fingerprint density at radius 1 is 1.25 bits per heavy atom. The Kier molecular flexibility index (Phi) is 4.97. The molecule has 0 fully saturated rings. The van der Waals surface area contributed by atoms with Crippen LogP contribution in [0, 0.1) is 13.8 Å². The molecule has 1 rings (SSSR count). The molecule has 0 saturated heterocycles. The summed E-state index contributed by atoms with van der Waals surface area (Å²) in [4.78, 5) is 2.23. The van der Waals surface area contributed by atoms with Gasteiger partial charge in [-0.15, -0.1) is 0 Å². The summed E-state index contributed by atoms with van der Waals surface area (Å²) >= 11 is 0. The maximum atomic E-state index is 3.56. The van der Waals surface area contributed by atoms with E-state index in [1.54, 1.807) is 0 Å². The minimum Gasteiger partial charge on any atom is -0.309 e. The number of hydrogen-bond donors (Lipinski definition) is 1. The van der Waals surface area contributed by atoms with Crippen LogP contribution in [-0.4, -0.2) is 32.1 Å². The molecule has 0 amide bonds. The summed E-state index contributed by atoms with van der Waals surface area (Å²) in [5.41, 5.74) is 4.14. The van der Waals surface area contributed by atoms with Crippen LogP contribution in [0.3, 0.4) is 0 Å². The van der Waals surface area contributed by atoms with Crippen molar-refractivity contribution in [1.82, 2.24) is 10.2 Å². The van der Waals surface area contributed by atoms with Gasteiger partial charge < -0.3 is 10.2 Å². The molecule has 16 heavy (non-hydrogen) atoms. The second-order valence-corrected chi connectivity index (χ2v) is 4.73. The number of likely N-dealkylation sites (N-methyl/N-ethyl adjacent to an activating group) is 2. The van der Waals surface area contributed by atoms with Gasteiger partial charge in [0.15, 0.2) is 0 Å². The van der Waals surface area contributed by atoms with Crippen LogP contribution >= 0.6 is 0 Å². The highest BCUT2D eigenvalue weighted by molar-refractivity contribution is 5.33. The normalized spacial score (nSPS) is 13.1. The smallest absolute Gasteiger partial charge is 0.0451 e. The molecule has 1 aromatic rings. The minimum atomic E-state index is 0.430. The average molecular weight is 220 g/mol. The van der Waals surface area contributed by atoms with Gasteiger partial charge in [0.05, 0.1) is 0 Å². The van der Waals surface area contributed by atoms with Crippen molar-refractivity contribution < 1.29 is 0 Å². The number of aryl methyl sites for hydroxylation is 2. The second-order valence-electron chi connectivity index (χ2n) is 4.73. The minimum absolute atomic E-state index is 0.430. The Hall–Kier alpha value is -0.860. The Morgan fingerprint density at radius 3 is 2.50 bits per heavy atom. The predicted octanol–water partition coefficient (Wildman–Crippen LogP) is 2.52. The molecule has 0 bridgehead atoms. The largest absolute Gasteiger partial charge is 0.309 e. The van der Waals surface area contributed by atoms with Crippen molar-refractivity contribution in [3.63, 3.8) is 0 Å². The topological polar surface area (TPSA) is 15.3 Å². The third-order valence-electron chi connectivity index (χ3n) is 2.81. The monoisotopic (exact) mass is 220 g/mol. The van der Waals surface area contributed by atoms with Crippen molar-refractivity contribution >= 4 is 0 Å². The first-order valence-electron chi connectivity index (χ1n) is 5.99. The van der Waals surface area contributed by atoms with Crippen LogP contribution in [0.1, 0.15) is 29.7 Å². The molecule has 1 N–H and O–H groups in total. The van der Waals surface area contributed by atoms with Gasteiger partial charge in [-0.2, -0.15) is 0 Å². The van der Waals surface area contributed by atoms with Crippen molar-refractivity contribution in [2.24, 2.45) is 0 Å². The van der Waals surface area contributed by atoms with Gasteiger partial charge in [0.25, 0.3) is 0 Å². The van der Waals surface area contributed by atoms with Crippen LogP contribution in [0.15, 0.2) is 18.2 Å². The van der Waals surface area contributed by atoms with Gasteiger partial charge in [-0.3, -0.25) is 0 Å². The zero-order chi connectivity index (χ0) is 12.1. The van der Waals surface area contributed by atoms with Crippen molar-refractivity contribution in [2.45, 2.75) is 26.8 Å². The van der Waals surface area contributed by atoms with E-state index in [-0.39, 0.29) is 0 Å². The second kappa shape index (κ2) is 6.02. The molecule has 1 aromatic carbocycles. The van der Waals surface area contributed by atoms with Crippen LogP contribution in [-0.2, 0) is 0 Å². The molecule has 0 aromatic heterocycles. The Morgan fingerprint density at radius 2 is 1.94 bits per heavy atom. The lowest BCUT2D eigenvalue weighted by atomic mass is 9.98. The van der Waals surface area contributed by atoms with Crippen LogP contribution in [0.2, 0.25) is 0 Å². The number of nitrogens with one attached hydrogen (secondary N) is 1. The van der Waals surface area contributed by atoms with Crippen LogP contribution in [0.25, 0.3) is 0 Å². The lowest BCUT2D eigenvalue weighted by Gasteiger charge is -2.24. The molecule has 1 unspecified atom stereocenters. The molecule has 0 heterocycles. The van der Waals surface area contributed by atoms with Crippen molar-refractivity contribution in [3.05, 3.63) is 34.9 Å². The molecule has 0 radical (unpaired) electrons. The van der Waals surface area contributed by atoms with E-state index in [1.807, 2.05) is 0 Å². The Balaban J connectivity index is 2.94. The highest BCUT2D eigenvalue weighted by Gasteiger charge is 2.13. The first kappa shape index (κ1) is 13.2. The quantitative estimate of drug-likeness (QED) is 0.820. The van der Waals surface area contributed by atoms with Gasteiger partial charge in [-0.05, 0) is 45.6 Å². The van der Waals surface area contributed by atoms with Crippen LogP contribution < -0.4 is 5.32 Å². The number of benzene rings is 1. The standard InChI is InChI=1S/C14H24N2/c1-6-15-14(10-16(4)5)13-9-11(2)7-8-12(13)3/h7-9,14-15H,6,10H2,1-5H3. The molecule has 0 aliphatic carbocycles. The van der Waals surface area contributed by atoms with Crippen molar-refractivity contribution in [1.29, 1.82) is 0 Å². The summed E-state index contributed by atoms with van der Waals surface area (Å²) in [5.74, 6) is 0. The average Bonchev–Trinajstić information content (AvgIpc) is 2.20. The lowest BCUT2D eigenvalue weighted by Crippen LogP contribution is -2.31. The maximum absolute atomic E-state index is 3.56. The molecule has 0 aliphatic heterocycles. The Labute approximate surface area is 99.7 Å². The predicted molar refractivity (Wildman–Crippen MR) is 70.9 cm³/mol. The van der Waals surface area contributed by atoms with Gasteiger partial charge in [-0.25, -0.2) is 0 Å². The highest BCUT2D eigenvalue weighted by atomic mass is 15.1. The SMILES string of the molecule is CCNC(CN(C)C)c1cc(C)ccc1C. The van der Waals surface area contributed by atoms with E-state index in [4.69, 9.17) is 0 Å². The van der Waals surface area contributed by atoms with Gasteiger partial charge in [0.2, 0.25) is 0 Å². The summed E-state index contributed by atoms with van der Waals surface area (Å²) in [7, 11) is 4.24. The molecule has 90 valence electrons. The molecule has 0 aliphatic rings. The molecule has 0 saturated carbocycles. The first-order chi connectivity index (χ1) is 7.54. The van der Waals surface area contributed by atoms with Crippen LogP contribution in [0.5, 0.6) is 0 Å². The molecule has 2 heteroatoms. The molecule has 0 spiro atoms.